The van der Waals surface area contributed by atoms with E-state index in [9.17, 15) is 4.79 Å². The summed E-state index contributed by atoms with van der Waals surface area (Å²) in [6.07, 6.45) is 4.06. The Morgan fingerprint density at radius 2 is 2.35 bits per heavy atom. The van der Waals surface area contributed by atoms with Gasteiger partial charge in [-0.2, -0.15) is 0 Å². The number of rotatable bonds is 5. The minimum absolute atomic E-state index is 0.150. The van der Waals surface area contributed by atoms with Gasteiger partial charge in [0, 0.05) is 29.6 Å². The third kappa shape index (κ3) is 2.96. The number of thiazole rings is 1. The molecule has 1 fully saturated rings. The lowest BCUT2D eigenvalue weighted by Crippen LogP contribution is -2.12. The molecule has 20 heavy (non-hydrogen) atoms. The Bertz CT molecular complexity index is 621. The quantitative estimate of drug-likeness (QED) is 0.887. The first-order valence-corrected chi connectivity index (χ1v) is 7.61. The van der Waals surface area contributed by atoms with Gasteiger partial charge in [-0.15, -0.1) is 11.3 Å². The Hall–Kier alpha value is -1.95. The molecule has 104 valence electrons. The maximum Gasteiger partial charge on any atom is 0.257 e. The van der Waals surface area contributed by atoms with Gasteiger partial charge in [0.05, 0.1) is 5.69 Å². The molecule has 6 heteroatoms. The number of hydrogen-bond donors (Lipinski definition) is 2. The van der Waals surface area contributed by atoms with Crippen molar-refractivity contribution in [3.8, 4) is 0 Å². The van der Waals surface area contributed by atoms with Crippen molar-refractivity contribution < 1.29 is 4.79 Å². The molecule has 0 aliphatic heterocycles. The summed E-state index contributed by atoms with van der Waals surface area (Å²) in [7, 11) is 0. The van der Waals surface area contributed by atoms with E-state index in [0.717, 1.165) is 12.2 Å². The highest BCUT2D eigenvalue weighted by Crippen LogP contribution is 2.40. The van der Waals surface area contributed by atoms with Gasteiger partial charge in [0.25, 0.3) is 5.91 Å². The summed E-state index contributed by atoms with van der Waals surface area (Å²) in [5.41, 5.74) is 1.69. The fourth-order valence-electron chi connectivity index (χ4n) is 1.93. The molecule has 0 aromatic carbocycles. The van der Waals surface area contributed by atoms with Crippen molar-refractivity contribution in [3.63, 3.8) is 0 Å². The normalized spacial score (nSPS) is 14.1. The van der Waals surface area contributed by atoms with Gasteiger partial charge in [-0.05, 0) is 31.9 Å². The molecule has 2 aromatic rings. The number of aromatic nitrogens is 2. The van der Waals surface area contributed by atoms with Gasteiger partial charge in [-0.1, -0.05) is 0 Å². The average molecular weight is 288 g/mol. The highest BCUT2D eigenvalue weighted by molar-refractivity contribution is 7.14. The van der Waals surface area contributed by atoms with Gasteiger partial charge in [-0.3, -0.25) is 10.1 Å². The average Bonchev–Trinajstić information content (AvgIpc) is 3.20. The monoisotopic (exact) mass is 288 g/mol. The first kappa shape index (κ1) is 13.1. The number of pyridine rings is 1. The molecular weight excluding hydrogens is 272 g/mol. The van der Waals surface area contributed by atoms with Crippen LogP contribution in [0.4, 0.5) is 10.9 Å². The van der Waals surface area contributed by atoms with E-state index in [0.29, 0.717) is 22.4 Å². The molecule has 1 amide bonds. The highest BCUT2D eigenvalue weighted by Gasteiger charge is 2.26. The van der Waals surface area contributed by atoms with Crippen LogP contribution in [0, 0.1) is 0 Å². The number of carbonyl (C=O) groups excluding carboxylic acids is 1. The topological polar surface area (TPSA) is 66.9 Å². The largest absolute Gasteiger partial charge is 0.370 e. The molecule has 0 saturated heterocycles. The van der Waals surface area contributed by atoms with E-state index in [1.165, 1.54) is 24.2 Å². The predicted octanol–water partition coefficient (Wildman–Crippen LogP) is 3.10. The molecule has 1 saturated carbocycles. The van der Waals surface area contributed by atoms with Crippen LogP contribution in [0.5, 0.6) is 0 Å². The molecule has 0 unspecified atom stereocenters. The van der Waals surface area contributed by atoms with Crippen LogP contribution in [0.15, 0.2) is 23.7 Å². The summed E-state index contributed by atoms with van der Waals surface area (Å²) in [5.74, 6) is 1.17. The van der Waals surface area contributed by atoms with Gasteiger partial charge >= 0.3 is 0 Å². The van der Waals surface area contributed by atoms with Crippen LogP contribution in [0.2, 0.25) is 0 Å². The summed E-state index contributed by atoms with van der Waals surface area (Å²) in [6.45, 7) is 2.76. The second kappa shape index (κ2) is 5.58. The van der Waals surface area contributed by atoms with Crippen molar-refractivity contribution in [2.24, 2.45) is 0 Å². The van der Waals surface area contributed by atoms with Crippen LogP contribution in [0.25, 0.3) is 0 Å². The number of carbonyl (C=O) groups is 1. The van der Waals surface area contributed by atoms with Crippen LogP contribution >= 0.6 is 11.3 Å². The molecule has 2 heterocycles. The maximum atomic E-state index is 12.2. The van der Waals surface area contributed by atoms with Crippen molar-refractivity contribution in [2.75, 3.05) is 17.2 Å². The van der Waals surface area contributed by atoms with Crippen molar-refractivity contribution in [3.05, 3.63) is 35.0 Å². The van der Waals surface area contributed by atoms with E-state index in [1.54, 1.807) is 18.3 Å². The first-order valence-electron chi connectivity index (χ1n) is 6.73. The van der Waals surface area contributed by atoms with Crippen LogP contribution in [0.1, 0.15) is 41.7 Å². The molecular formula is C14H16N4OS. The summed E-state index contributed by atoms with van der Waals surface area (Å²) in [6, 6.07) is 3.44. The molecule has 2 aromatic heterocycles. The van der Waals surface area contributed by atoms with Gasteiger partial charge in [0.15, 0.2) is 5.13 Å². The van der Waals surface area contributed by atoms with E-state index >= 15 is 0 Å². The Morgan fingerprint density at radius 3 is 3.10 bits per heavy atom. The molecule has 5 nitrogen and oxygen atoms in total. The second-order valence-electron chi connectivity index (χ2n) is 4.77. The molecule has 2 N–H and O–H groups in total. The van der Waals surface area contributed by atoms with Crippen molar-refractivity contribution in [1.82, 2.24) is 9.97 Å². The van der Waals surface area contributed by atoms with Crippen LogP contribution < -0.4 is 10.6 Å². The number of nitrogens with zero attached hydrogens (tertiary/aromatic N) is 2. The number of amides is 1. The maximum absolute atomic E-state index is 12.2. The second-order valence-corrected chi connectivity index (χ2v) is 5.62. The van der Waals surface area contributed by atoms with Gasteiger partial charge in [0.1, 0.15) is 5.82 Å². The zero-order valence-corrected chi connectivity index (χ0v) is 12.0. The third-order valence-corrected chi connectivity index (χ3v) is 3.89. The fraction of sp³-hybridized carbons (Fsp3) is 0.357. The number of anilines is 2. The first-order chi connectivity index (χ1) is 9.76. The Labute approximate surface area is 121 Å². The van der Waals surface area contributed by atoms with E-state index in [1.807, 2.05) is 12.3 Å². The lowest BCUT2D eigenvalue weighted by molar-refractivity contribution is 0.102. The fourth-order valence-corrected chi connectivity index (χ4v) is 2.72. The molecule has 0 bridgehead atoms. The van der Waals surface area contributed by atoms with Crippen molar-refractivity contribution in [2.45, 2.75) is 25.7 Å². The van der Waals surface area contributed by atoms with Gasteiger partial charge < -0.3 is 5.32 Å². The lowest BCUT2D eigenvalue weighted by Gasteiger charge is -2.05. The zero-order chi connectivity index (χ0) is 13.9. The van der Waals surface area contributed by atoms with Crippen LogP contribution in [-0.4, -0.2) is 22.4 Å². The summed E-state index contributed by atoms with van der Waals surface area (Å²) in [4.78, 5) is 20.8. The van der Waals surface area contributed by atoms with Crippen molar-refractivity contribution in [1.29, 1.82) is 0 Å². The summed E-state index contributed by atoms with van der Waals surface area (Å²) < 4.78 is 0. The summed E-state index contributed by atoms with van der Waals surface area (Å²) >= 11 is 1.48. The van der Waals surface area contributed by atoms with Crippen molar-refractivity contribution >= 4 is 28.2 Å². The number of nitrogens with one attached hydrogen (secondary N) is 2. The SMILES string of the molecule is CCNc1cc(C(=O)Nc2nc(C3CC3)cs2)ccn1. The predicted molar refractivity (Wildman–Crippen MR) is 80.4 cm³/mol. The molecule has 1 aliphatic rings. The minimum atomic E-state index is -0.150. The van der Waals surface area contributed by atoms with E-state index in [2.05, 4.69) is 20.6 Å². The molecule has 0 atom stereocenters. The van der Waals surface area contributed by atoms with Gasteiger partial charge in [-0.25, -0.2) is 9.97 Å². The van der Waals surface area contributed by atoms with Gasteiger partial charge in [0.2, 0.25) is 0 Å². The summed E-state index contributed by atoms with van der Waals surface area (Å²) in [5, 5.41) is 8.63. The Balaban J connectivity index is 1.69. The minimum Gasteiger partial charge on any atom is -0.370 e. The smallest absolute Gasteiger partial charge is 0.257 e. The van der Waals surface area contributed by atoms with E-state index in [4.69, 9.17) is 0 Å². The molecule has 0 spiro atoms. The number of hydrogen-bond acceptors (Lipinski definition) is 5. The molecule has 3 rings (SSSR count). The zero-order valence-electron chi connectivity index (χ0n) is 11.2. The third-order valence-electron chi connectivity index (χ3n) is 3.12. The molecule has 0 radical (unpaired) electrons. The Kier molecular flexibility index (Phi) is 3.64. The Morgan fingerprint density at radius 1 is 1.50 bits per heavy atom. The highest BCUT2D eigenvalue weighted by atomic mass is 32.1. The lowest BCUT2D eigenvalue weighted by atomic mass is 10.2. The van der Waals surface area contributed by atoms with Crippen LogP contribution in [-0.2, 0) is 0 Å². The van der Waals surface area contributed by atoms with Crippen LogP contribution in [0.3, 0.4) is 0 Å². The van der Waals surface area contributed by atoms with E-state index < -0.39 is 0 Å². The van der Waals surface area contributed by atoms with E-state index in [-0.39, 0.29) is 5.91 Å². The molecule has 1 aliphatic carbocycles. The standard InChI is InChI=1S/C14H16N4OS/c1-2-15-12-7-10(5-6-16-12)13(19)18-14-17-11(8-20-14)9-3-4-9/h5-9H,2-4H2,1H3,(H,15,16)(H,17,18,19).